The van der Waals surface area contributed by atoms with Gasteiger partial charge in [-0.1, -0.05) is 51.1 Å². The summed E-state index contributed by atoms with van der Waals surface area (Å²) in [5.74, 6) is 0.109. The van der Waals surface area contributed by atoms with Crippen molar-refractivity contribution in [1.82, 2.24) is 4.98 Å². The molecule has 1 aliphatic carbocycles. The number of ether oxygens (including phenoxy) is 2. The topological polar surface area (TPSA) is 77.5 Å². The molecule has 1 atom stereocenters. The molecule has 1 aromatic heterocycles. The largest absolute Gasteiger partial charge is 0.492 e. The van der Waals surface area contributed by atoms with Crippen molar-refractivity contribution in [3.05, 3.63) is 65.4 Å². The number of nitrogens with zero attached hydrogens (tertiary/aromatic N) is 1. The first-order chi connectivity index (χ1) is 16.3. The number of esters is 1. The molecule has 1 unspecified atom stereocenters. The predicted molar refractivity (Wildman–Crippen MR) is 133 cm³/mol. The van der Waals surface area contributed by atoms with Crippen molar-refractivity contribution < 1.29 is 19.1 Å². The van der Waals surface area contributed by atoms with Crippen molar-refractivity contribution in [3.8, 4) is 5.75 Å². The van der Waals surface area contributed by atoms with Crippen molar-refractivity contribution in [1.29, 1.82) is 0 Å². The lowest BCUT2D eigenvalue weighted by Gasteiger charge is -2.35. The van der Waals surface area contributed by atoms with Crippen molar-refractivity contribution in [2.75, 3.05) is 18.5 Å². The maximum atomic E-state index is 13.4. The summed E-state index contributed by atoms with van der Waals surface area (Å²) in [6.07, 6.45) is 2.64. The molecule has 0 spiro atoms. The van der Waals surface area contributed by atoms with Crippen molar-refractivity contribution in [3.63, 3.8) is 0 Å². The lowest BCUT2D eigenvalue weighted by molar-refractivity contribution is -0.119. The van der Waals surface area contributed by atoms with E-state index in [1.807, 2.05) is 43.3 Å². The van der Waals surface area contributed by atoms with Crippen molar-refractivity contribution in [2.24, 2.45) is 11.3 Å². The van der Waals surface area contributed by atoms with E-state index in [2.05, 4.69) is 26.1 Å². The molecule has 178 valence electrons. The molecular formula is C28H32N2O4. The minimum Gasteiger partial charge on any atom is -0.492 e. The van der Waals surface area contributed by atoms with Gasteiger partial charge in [-0.3, -0.25) is 9.78 Å². The quantitative estimate of drug-likeness (QED) is 0.486. The number of aromatic nitrogens is 1. The molecule has 1 N–H and O–H groups in total. The summed E-state index contributed by atoms with van der Waals surface area (Å²) in [5, 5.41) is 3.54. The van der Waals surface area contributed by atoms with E-state index in [4.69, 9.17) is 14.5 Å². The number of para-hydroxylation sites is 3. The number of aryl methyl sites for hydroxylation is 1. The van der Waals surface area contributed by atoms with Gasteiger partial charge < -0.3 is 14.8 Å². The van der Waals surface area contributed by atoms with Gasteiger partial charge in [0.05, 0.1) is 23.4 Å². The van der Waals surface area contributed by atoms with Crippen LogP contribution in [-0.4, -0.2) is 30.1 Å². The first-order valence-corrected chi connectivity index (χ1v) is 11.9. The van der Waals surface area contributed by atoms with Crippen LogP contribution in [-0.2, 0) is 22.4 Å². The number of rotatable bonds is 6. The SMILES string of the molecule is CCOc1ccccc1NC(=O)COC(=O)c1c2c(nc3ccccc13)CCC(C(C)(C)C)C2. The molecule has 1 amide bonds. The predicted octanol–water partition coefficient (Wildman–Crippen LogP) is 5.58. The van der Waals surface area contributed by atoms with Crippen molar-refractivity contribution in [2.45, 2.75) is 47.0 Å². The fraction of sp³-hybridized carbons (Fsp3) is 0.393. The molecule has 0 aliphatic heterocycles. The molecule has 0 saturated heterocycles. The third-order valence-electron chi connectivity index (χ3n) is 6.48. The van der Waals surface area contributed by atoms with Crippen LogP contribution in [0.15, 0.2) is 48.5 Å². The number of hydrogen-bond acceptors (Lipinski definition) is 5. The van der Waals surface area contributed by atoms with Gasteiger partial charge in [-0.25, -0.2) is 4.79 Å². The molecule has 6 nitrogen and oxygen atoms in total. The standard InChI is InChI=1S/C28H32N2O4/c1-5-33-24-13-9-8-12-23(24)30-25(31)17-34-27(32)26-19-10-6-7-11-21(19)29-22-15-14-18(16-20(22)26)28(2,3)4/h6-13,18H,5,14-17H2,1-4H3,(H,30,31). The molecule has 2 aromatic carbocycles. The number of anilines is 1. The number of nitrogens with one attached hydrogen (secondary N) is 1. The first kappa shape index (κ1) is 23.7. The molecular weight excluding hydrogens is 428 g/mol. The second kappa shape index (κ2) is 9.84. The van der Waals surface area contributed by atoms with E-state index in [9.17, 15) is 9.59 Å². The third-order valence-corrected chi connectivity index (χ3v) is 6.48. The Labute approximate surface area is 200 Å². The van der Waals surface area contributed by atoms with E-state index in [0.717, 1.165) is 41.4 Å². The highest BCUT2D eigenvalue weighted by Gasteiger charge is 2.33. The molecule has 4 rings (SSSR count). The molecule has 1 heterocycles. The Bertz CT molecular complexity index is 1210. The zero-order valence-electron chi connectivity index (χ0n) is 20.3. The average molecular weight is 461 g/mol. The van der Waals surface area contributed by atoms with Gasteiger partial charge in [0.1, 0.15) is 5.75 Å². The monoisotopic (exact) mass is 460 g/mol. The van der Waals surface area contributed by atoms with Gasteiger partial charge in [-0.15, -0.1) is 0 Å². The minimum atomic E-state index is -0.488. The van der Waals surface area contributed by atoms with Crippen LogP contribution in [0.25, 0.3) is 10.9 Å². The molecule has 0 saturated carbocycles. The van der Waals surface area contributed by atoms with Gasteiger partial charge in [0.25, 0.3) is 5.91 Å². The number of hydrogen-bond donors (Lipinski definition) is 1. The van der Waals surface area contributed by atoms with Crippen LogP contribution in [0.2, 0.25) is 0 Å². The molecule has 0 bridgehead atoms. The van der Waals surface area contributed by atoms with Gasteiger partial charge in [0.2, 0.25) is 0 Å². The summed E-state index contributed by atoms with van der Waals surface area (Å²) in [5.41, 5.74) is 3.90. The van der Waals surface area contributed by atoms with Crippen LogP contribution in [0.4, 0.5) is 5.69 Å². The Morgan fingerprint density at radius 3 is 2.59 bits per heavy atom. The Morgan fingerprint density at radius 2 is 1.82 bits per heavy atom. The van der Waals surface area contributed by atoms with Crippen LogP contribution >= 0.6 is 0 Å². The van der Waals surface area contributed by atoms with E-state index in [-0.39, 0.29) is 12.0 Å². The molecule has 0 fully saturated rings. The number of carbonyl (C=O) groups excluding carboxylic acids is 2. The second-order valence-electron chi connectivity index (χ2n) is 9.79. The number of carbonyl (C=O) groups is 2. The van der Waals surface area contributed by atoms with Gasteiger partial charge >= 0.3 is 5.97 Å². The van der Waals surface area contributed by atoms with E-state index in [0.29, 0.717) is 29.5 Å². The Kier molecular flexibility index (Phi) is 6.87. The number of fused-ring (bicyclic) bond motifs is 2. The normalized spacial score (nSPS) is 15.5. The van der Waals surface area contributed by atoms with Crippen molar-refractivity contribution >= 4 is 28.5 Å². The summed E-state index contributed by atoms with van der Waals surface area (Å²) >= 11 is 0. The summed E-state index contributed by atoms with van der Waals surface area (Å²) < 4.78 is 11.1. The highest BCUT2D eigenvalue weighted by molar-refractivity contribution is 6.06. The Morgan fingerprint density at radius 1 is 1.09 bits per heavy atom. The van der Waals surface area contributed by atoms with E-state index < -0.39 is 11.9 Å². The van der Waals surface area contributed by atoms with Crippen LogP contribution in [0.3, 0.4) is 0 Å². The smallest absolute Gasteiger partial charge is 0.339 e. The van der Waals surface area contributed by atoms with Crippen LogP contribution in [0, 0.1) is 11.3 Å². The molecule has 3 aromatic rings. The maximum absolute atomic E-state index is 13.4. The maximum Gasteiger partial charge on any atom is 0.339 e. The molecule has 6 heteroatoms. The summed E-state index contributed by atoms with van der Waals surface area (Å²) in [6.45, 7) is 8.69. The van der Waals surface area contributed by atoms with Gasteiger partial charge in [0.15, 0.2) is 6.61 Å². The van der Waals surface area contributed by atoms with E-state index >= 15 is 0 Å². The highest BCUT2D eigenvalue weighted by atomic mass is 16.5. The fourth-order valence-corrected chi connectivity index (χ4v) is 4.60. The molecule has 1 aliphatic rings. The van der Waals surface area contributed by atoms with Crippen LogP contribution < -0.4 is 10.1 Å². The summed E-state index contributed by atoms with van der Waals surface area (Å²) in [6, 6.07) is 14.8. The minimum absolute atomic E-state index is 0.123. The number of amides is 1. The molecule has 34 heavy (non-hydrogen) atoms. The zero-order chi connectivity index (χ0) is 24.3. The van der Waals surface area contributed by atoms with E-state index in [1.165, 1.54) is 0 Å². The van der Waals surface area contributed by atoms with E-state index in [1.54, 1.807) is 12.1 Å². The first-order valence-electron chi connectivity index (χ1n) is 11.9. The fourth-order valence-electron chi connectivity index (χ4n) is 4.60. The van der Waals surface area contributed by atoms with Gasteiger partial charge in [-0.05, 0) is 61.3 Å². The highest BCUT2D eigenvalue weighted by Crippen LogP contribution is 2.39. The Hall–Kier alpha value is -3.41. The van der Waals surface area contributed by atoms with Gasteiger partial charge in [-0.2, -0.15) is 0 Å². The lowest BCUT2D eigenvalue weighted by Crippen LogP contribution is -2.29. The molecule has 0 radical (unpaired) electrons. The summed E-state index contributed by atoms with van der Waals surface area (Å²) in [7, 11) is 0. The Balaban J connectivity index is 1.57. The number of benzene rings is 2. The van der Waals surface area contributed by atoms with Gasteiger partial charge in [0, 0.05) is 11.1 Å². The zero-order valence-corrected chi connectivity index (χ0v) is 20.3. The number of pyridine rings is 1. The second-order valence-corrected chi connectivity index (χ2v) is 9.79. The lowest BCUT2D eigenvalue weighted by atomic mass is 9.70. The average Bonchev–Trinajstić information content (AvgIpc) is 2.81. The van der Waals surface area contributed by atoms with Crippen LogP contribution in [0.1, 0.15) is 55.7 Å². The summed E-state index contributed by atoms with van der Waals surface area (Å²) in [4.78, 5) is 30.8. The third kappa shape index (κ3) is 5.06. The van der Waals surface area contributed by atoms with Crippen LogP contribution in [0.5, 0.6) is 5.75 Å².